The number of aliphatic carboxylic acids is 1. The molecule has 4 nitrogen and oxygen atoms in total. The highest BCUT2D eigenvalue weighted by Crippen LogP contribution is 2.30. The van der Waals surface area contributed by atoms with E-state index in [4.69, 9.17) is 16.7 Å². The van der Waals surface area contributed by atoms with Gasteiger partial charge in [-0.15, -0.1) is 0 Å². The minimum absolute atomic E-state index is 0.371. The van der Waals surface area contributed by atoms with Crippen LogP contribution in [0.5, 0.6) is 0 Å². The van der Waals surface area contributed by atoms with E-state index in [1.165, 1.54) is 23.8 Å². The highest BCUT2D eigenvalue weighted by Gasteiger charge is 2.15. The van der Waals surface area contributed by atoms with Crippen LogP contribution in [0.2, 0.25) is 5.02 Å². The van der Waals surface area contributed by atoms with Crippen LogP contribution in [0, 0.1) is 0 Å². The van der Waals surface area contributed by atoms with Gasteiger partial charge in [0.2, 0.25) is 0 Å². The minimum atomic E-state index is -1.05. The maximum absolute atomic E-state index is 12.0. The number of benzene rings is 1. The predicted octanol–water partition coefficient (Wildman–Crippen LogP) is 3.58. The predicted molar refractivity (Wildman–Crippen MR) is 81.2 cm³/mol. The van der Waals surface area contributed by atoms with E-state index >= 15 is 0 Å². The zero-order chi connectivity index (χ0) is 14.9. The van der Waals surface area contributed by atoms with Crippen LogP contribution in [0.25, 0.3) is 11.1 Å². The Morgan fingerprint density at radius 1 is 1.35 bits per heavy atom. The Kier molecular flexibility index (Phi) is 4.30. The van der Waals surface area contributed by atoms with E-state index in [9.17, 15) is 9.59 Å². The summed E-state index contributed by atoms with van der Waals surface area (Å²) in [6, 6.07) is 7.46. The zero-order valence-corrected chi connectivity index (χ0v) is 12.9. The van der Waals surface area contributed by atoms with Gasteiger partial charge in [-0.1, -0.05) is 27.5 Å². The normalized spacial score (nSPS) is 12.2. The van der Waals surface area contributed by atoms with E-state index in [1.54, 1.807) is 24.3 Å². The molecule has 1 atom stereocenters. The molecule has 0 saturated carbocycles. The lowest BCUT2D eigenvalue weighted by Gasteiger charge is -2.12. The number of halogens is 2. The largest absolute Gasteiger partial charge is 0.480 e. The number of rotatable bonds is 3. The molecule has 6 heteroatoms. The van der Waals surface area contributed by atoms with Crippen LogP contribution in [-0.4, -0.2) is 15.6 Å². The molecule has 104 valence electrons. The van der Waals surface area contributed by atoms with Crippen molar-refractivity contribution >= 4 is 33.5 Å². The van der Waals surface area contributed by atoms with Crippen molar-refractivity contribution in [3.05, 3.63) is 56.4 Å². The number of nitrogens with zero attached hydrogens (tertiary/aromatic N) is 1. The van der Waals surface area contributed by atoms with Crippen molar-refractivity contribution in [2.45, 2.75) is 13.0 Å². The molecular weight excluding hydrogens is 346 g/mol. The molecule has 1 aromatic heterocycles. The molecule has 0 spiro atoms. The van der Waals surface area contributed by atoms with Gasteiger partial charge in [-0.25, -0.2) is 4.79 Å². The van der Waals surface area contributed by atoms with Gasteiger partial charge in [-0.3, -0.25) is 4.79 Å². The second kappa shape index (κ2) is 5.81. The van der Waals surface area contributed by atoms with Crippen molar-refractivity contribution in [2.75, 3.05) is 0 Å². The summed E-state index contributed by atoms with van der Waals surface area (Å²) in [4.78, 5) is 22.9. The van der Waals surface area contributed by atoms with Crippen LogP contribution < -0.4 is 5.56 Å². The molecule has 0 aliphatic rings. The Hall–Kier alpha value is -1.59. The zero-order valence-electron chi connectivity index (χ0n) is 10.5. The van der Waals surface area contributed by atoms with Crippen LogP contribution in [-0.2, 0) is 4.79 Å². The fourth-order valence-electron chi connectivity index (χ4n) is 1.81. The summed E-state index contributed by atoms with van der Waals surface area (Å²) in [5.41, 5.74) is 1.09. The van der Waals surface area contributed by atoms with Crippen LogP contribution in [0.1, 0.15) is 13.0 Å². The van der Waals surface area contributed by atoms with Gasteiger partial charge in [0.25, 0.3) is 5.56 Å². The van der Waals surface area contributed by atoms with Gasteiger partial charge in [0.05, 0.1) is 0 Å². The number of hydrogen-bond donors (Lipinski definition) is 1. The fraction of sp³-hybridized carbons (Fsp3) is 0.143. The topological polar surface area (TPSA) is 59.3 Å². The number of aromatic nitrogens is 1. The van der Waals surface area contributed by atoms with E-state index in [-0.39, 0.29) is 5.56 Å². The van der Waals surface area contributed by atoms with Gasteiger partial charge in [0.1, 0.15) is 6.04 Å². The van der Waals surface area contributed by atoms with Crippen molar-refractivity contribution in [3.8, 4) is 11.1 Å². The maximum atomic E-state index is 12.0. The summed E-state index contributed by atoms with van der Waals surface area (Å²) in [5.74, 6) is -1.05. The Morgan fingerprint density at radius 3 is 2.65 bits per heavy atom. The third kappa shape index (κ3) is 2.94. The molecule has 2 rings (SSSR count). The molecule has 0 aliphatic heterocycles. The van der Waals surface area contributed by atoms with Crippen LogP contribution in [0.4, 0.5) is 0 Å². The Bertz CT molecular complexity index is 727. The number of carbonyl (C=O) groups is 1. The molecule has 1 N–H and O–H groups in total. The van der Waals surface area contributed by atoms with Crippen molar-refractivity contribution in [1.29, 1.82) is 0 Å². The smallest absolute Gasteiger partial charge is 0.326 e. The monoisotopic (exact) mass is 355 g/mol. The van der Waals surface area contributed by atoms with Crippen molar-refractivity contribution in [2.24, 2.45) is 0 Å². The van der Waals surface area contributed by atoms with Crippen molar-refractivity contribution in [1.82, 2.24) is 4.57 Å². The van der Waals surface area contributed by atoms with Gasteiger partial charge >= 0.3 is 5.97 Å². The lowest BCUT2D eigenvalue weighted by molar-refractivity contribution is -0.140. The van der Waals surface area contributed by atoms with E-state index in [0.29, 0.717) is 10.6 Å². The SMILES string of the molecule is CC(C(=O)O)n1ccc(-c2cc(Cl)ccc2Br)cc1=O. The molecule has 2 aromatic rings. The molecule has 1 heterocycles. The number of hydrogen-bond acceptors (Lipinski definition) is 2. The van der Waals surface area contributed by atoms with Gasteiger partial charge in [-0.05, 0) is 42.3 Å². The molecule has 0 fully saturated rings. The minimum Gasteiger partial charge on any atom is -0.480 e. The van der Waals surface area contributed by atoms with Crippen LogP contribution >= 0.6 is 27.5 Å². The highest BCUT2D eigenvalue weighted by atomic mass is 79.9. The average Bonchev–Trinajstić information content (AvgIpc) is 2.40. The van der Waals surface area contributed by atoms with Crippen LogP contribution in [0.3, 0.4) is 0 Å². The van der Waals surface area contributed by atoms with Crippen LogP contribution in [0.15, 0.2) is 45.8 Å². The third-order valence-electron chi connectivity index (χ3n) is 2.96. The Labute approximate surface area is 128 Å². The van der Waals surface area contributed by atoms with Gasteiger partial charge in [0, 0.05) is 21.8 Å². The Morgan fingerprint density at radius 2 is 2.05 bits per heavy atom. The first-order chi connectivity index (χ1) is 9.40. The molecule has 0 bridgehead atoms. The first-order valence-electron chi connectivity index (χ1n) is 5.80. The molecule has 0 saturated heterocycles. The molecular formula is C14H11BrClNO3. The maximum Gasteiger partial charge on any atom is 0.326 e. The molecule has 1 unspecified atom stereocenters. The summed E-state index contributed by atoms with van der Waals surface area (Å²) in [6.07, 6.45) is 1.48. The van der Waals surface area contributed by atoms with E-state index in [2.05, 4.69) is 15.9 Å². The lowest BCUT2D eigenvalue weighted by atomic mass is 10.1. The quantitative estimate of drug-likeness (QED) is 0.914. The molecule has 0 radical (unpaired) electrons. The van der Waals surface area contributed by atoms with Gasteiger partial charge < -0.3 is 9.67 Å². The van der Waals surface area contributed by atoms with E-state index in [0.717, 1.165) is 10.0 Å². The fourth-order valence-corrected chi connectivity index (χ4v) is 2.46. The molecule has 0 amide bonds. The summed E-state index contributed by atoms with van der Waals surface area (Å²) in [5, 5.41) is 9.50. The van der Waals surface area contributed by atoms with Gasteiger partial charge in [0.15, 0.2) is 0 Å². The van der Waals surface area contributed by atoms with Crippen molar-refractivity contribution < 1.29 is 9.90 Å². The molecule has 20 heavy (non-hydrogen) atoms. The van der Waals surface area contributed by atoms with E-state index in [1.807, 2.05) is 0 Å². The first kappa shape index (κ1) is 14.8. The third-order valence-corrected chi connectivity index (χ3v) is 3.89. The molecule has 1 aromatic carbocycles. The second-order valence-electron chi connectivity index (χ2n) is 4.30. The first-order valence-corrected chi connectivity index (χ1v) is 6.97. The molecule has 0 aliphatic carbocycles. The van der Waals surface area contributed by atoms with Gasteiger partial charge in [-0.2, -0.15) is 0 Å². The van der Waals surface area contributed by atoms with E-state index < -0.39 is 12.0 Å². The highest BCUT2D eigenvalue weighted by molar-refractivity contribution is 9.10. The number of carboxylic acids is 1. The standard InChI is InChI=1S/C14H11BrClNO3/c1-8(14(19)20)17-5-4-9(6-13(17)18)11-7-10(16)2-3-12(11)15/h2-8H,1H3,(H,19,20). The number of pyridine rings is 1. The summed E-state index contributed by atoms with van der Waals surface area (Å²) in [6.45, 7) is 1.46. The Balaban J connectivity index is 2.51. The summed E-state index contributed by atoms with van der Waals surface area (Å²) in [7, 11) is 0. The summed E-state index contributed by atoms with van der Waals surface area (Å²) >= 11 is 9.35. The summed E-state index contributed by atoms with van der Waals surface area (Å²) < 4.78 is 1.98. The lowest BCUT2D eigenvalue weighted by Crippen LogP contribution is -2.26. The second-order valence-corrected chi connectivity index (χ2v) is 5.59. The average molecular weight is 357 g/mol. The number of carboxylic acid groups (broad SMARTS) is 1. The van der Waals surface area contributed by atoms with Crippen molar-refractivity contribution in [3.63, 3.8) is 0 Å².